The van der Waals surface area contributed by atoms with Gasteiger partial charge in [-0.3, -0.25) is 9.59 Å². The van der Waals surface area contributed by atoms with E-state index in [1.807, 2.05) is 45.0 Å². The smallest absolute Gasteiger partial charge is 0.226 e. The summed E-state index contributed by atoms with van der Waals surface area (Å²) in [6.45, 7) is 10.0. The third kappa shape index (κ3) is 4.94. The predicted octanol–water partition coefficient (Wildman–Crippen LogP) is 4.56. The number of hydrogen-bond donors (Lipinski definition) is 1. The Bertz CT molecular complexity index is 771. The lowest BCUT2D eigenvalue weighted by Crippen LogP contribution is -2.33. The molecule has 4 heteroatoms. The van der Waals surface area contributed by atoms with Gasteiger partial charge in [0.15, 0.2) is 0 Å². The van der Waals surface area contributed by atoms with Crippen molar-refractivity contribution in [2.24, 2.45) is 0 Å². The average molecular weight is 352 g/mol. The molecule has 0 aliphatic rings. The maximum absolute atomic E-state index is 12.3. The van der Waals surface area contributed by atoms with Gasteiger partial charge >= 0.3 is 0 Å². The Balaban J connectivity index is 2.06. The van der Waals surface area contributed by atoms with Crippen LogP contribution in [0.5, 0.6) is 0 Å². The van der Waals surface area contributed by atoms with Crippen molar-refractivity contribution in [1.29, 1.82) is 0 Å². The molecular weight excluding hydrogens is 324 g/mol. The van der Waals surface area contributed by atoms with Crippen molar-refractivity contribution in [3.63, 3.8) is 0 Å². The fraction of sp³-hybridized carbons (Fsp3) is 0.364. The second-order valence-corrected chi connectivity index (χ2v) is 6.77. The lowest BCUT2D eigenvalue weighted by atomic mass is 10.0. The van der Waals surface area contributed by atoms with Crippen LogP contribution in [-0.4, -0.2) is 18.4 Å². The standard InChI is InChI=1S/C22H28N2O2/c1-6-19-7-9-20(10-8-19)23-21(26)11-12-24(18(5)25)22-16(3)13-15(2)14-17(22)4/h7-10,13-14H,6,11-12H2,1-5H3,(H,23,26). The monoisotopic (exact) mass is 352 g/mol. The van der Waals surface area contributed by atoms with E-state index in [-0.39, 0.29) is 18.2 Å². The SMILES string of the molecule is CCc1ccc(NC(=O)CCN(C(C)=O)c2c(C)cc(C)cc2C)cc1. The number of hydrogen-bond acceptors (Lipinski definition) is 2. The Labute approximate surface area is 156 Å². The molecule has 0 aromatic heterocycles. The number of nitrogens with zero attached hydrogens (tertiary/aromatic N) is 1. The van der Waals surface area contributed by atoms with Gasteiger partial charge in [0, 0.05) is 31.3 Å². The van der Waals surface area contributed by atoms with Gasteiger partial charge in [0.2, 0.25) is 11.8 Å². The molecule has 0 spiro atoms. The van der Waals surface area contributed by atoms with E-state index in [2.05, 4.69) is 24.4 Å². The number of anilines is 2. The molecule has 0 saturated heterocycles. The molecule has 2 aromatic rings. The zero-order valence-electron chi connectivity index (χ0n) is 16.3. The van der Waals surface area contributed by atoms with Crippen LogP contribution in [0.25, 0.3) is 0 Å². The first-order valence-electron chi connectivity index (χ1n) is 9.06. The number of carbonyl (C=O) groups is 2. The van der Waals surface area contributed by atoms with Gasteiger partial charge < -0.3 is 10.2 Å². The Hall–Kier alpha value is -2.62. The van der Waals surface area contributed by atoms with E-state index in [0.717, 1.165) is 28.9 Å². The average Bonchev–Trinajstić information content (AvgIpc) is 2.57. The van der Waals surface area contributed by atoms with Crippen LogP contribution in [0.4, 0.5) is 11.4 Å². The van der Waals surface area contributed by atoms with Crippen LogP contribution in [0, 0.1) is 20.8 Å². The number of carbonyl (C=O) groups excluding carboxylic acids is 2. The van der Waals surface area contributed by atoms with Gasteiger partial charge in [0.1, 0.15) is 0 Å². The first-order valence-corrected chi connectivity index (χ1v) is 9.06. The third-order valence-electron chi connectivity index (χ3n) is 4.49. The summed E-state index contributed by atoms with van der Waals surface area (Å²) in [6, 6.07) is 12.0. The fourth-order valence-corrected chi connectivity index (χ4v) is 3.29. The van der Waals surface area contributed by atoms with Crippen molar-refractivity contribution in [2.75, 3.05) is 16.8 Å². The normalized spacial score (nSPS) is 10.5. The Kier molecular flexibility index (Phi) is 6.56. The summed E-state index contributed by atoms with van der Waals surface area (Å²) in [5, 5.41) is 2.90. The topological polar surface area (TPSA) is 49.4 Å². The molecule has 0 aliphatic carbocycles. The van der Waals surface area contributed by atoms with Crippen LogP contribution in [0.1, 0.15) is 42.5 Å². The lowest BCUT2D eigenvalue weighted by Gasteiger charge is -2.25. The van der Waals surface area contributed by atoms with E-state index < -0.39 is 0 Å². The molecule has 2 rings (SSSR count). The maximum atomic E-state index is 12.3. The van der Waals surface area contributed by atoms with Gasteiger partial charge in [-0.05, 0) is 56.0 Å². The van der Waals surface area contributed by atoms with Gasteiger partial charge in [-0.15, -0.1) is 0 Å². The second-order valence-electron chi connectivity index (χ2n) is 6.77. The third-order valence-corrected chi connectivity index (χ3v) is 4.49. The van der Waals surface area contributed by atoms with Gasteiger partial charge in [0.05, 0.1) is 0 Å². The van der Waals surface area contributed by atoms with Gasteiger partial charge in [-0.2, -0.15) is 0 Å². The largest absolute Gasteiger partial charge is 0.326 e. The first-order chi connectivity index (χ1) is 12.3. The van der Waals surface area contributed by atoms with E-state index in [9.17, 15) is 9.59 Å². The minimum absolute atomic E-state index is 0.0554. The highest BCUT2D eigenvalue weighted by atomic mass is 16.2. The highest BCUT2D eigenvalue weighted by molar-refractivity contribution is 5.95. The first kappa shape index (κ1) is 19.7. The van der Waals surface area contributed by atoms with E-state index >= 15 is 0 Å². The van der Waals surface area contributed by atoms with Crippen molar-refractivity contribution in [1.82, 2.24) is 0 Å². The molecule has 2 aromatic carbocycles. The van der Waals surface area contributed by atoms with Crippen LogP contribution < -0.4 is 10.2 Å². The molecule has 26 heavy (non-hydrogen) atoms. The molecule has 0 atom stereocenters. The summed E-state index contributed by atoms with van der Waals surface area (Å²) in [5.41, 5.74) is 6.19. The molecule has 0 saturated carbocycles. The minimum atomic E-state index is -0.0945. The number of rotatable bonds is 6. The molecule has 0 unspecified atom stereocenters. The minimum Gasteiger partial charge on any atom is -0.326 e. The van der Waals surface area contributed by atoms with E-state index in [4.69, 9.17) is 0 Å². The van der Waals surface area contributed by atoms with Crippen molar-refractivity contribution < 1.29 is 9.59 Å². The molecular formula is C22H28N2O2. The van der Waals surface area contributed by atoms with Gasteiger partial charge in [0.25, 0.3) is 0 Å². The Morgan fingerprint density at radius 1 is 1.00 bits per heavy atom. The van der Waals surface area contributed by atoms with Crippen molar-refractivity contribution >= 4 is 23.2 Å². The van der Waals surface area contributed by atoms with Crippen LogP contribution in [0.2, 0.25) is 0 Å². The molecule has 2 amide bonds. The van der Waals surface area contributed by atoms with Crippen molar-refractivity contribution in [2.45, 2.75) is 47.5 Å². The van der Waals surface area contributed by atoms with Crippen molar-refractivity contribution in [3.05, 3.63) is 58.7 Å². The summed E-state index contributed by atoms with van der Waals surface area (Å²) in [4.78, 5) is 26.2. The molecule has 0 aliphatic heterocycles. The molecule has 0 bridgehead atoms. The van der Waals surface area contributed by atoms with Crippen molar-refractivity contribution in [3.8, 4) is 0 Å². The van der Waals surface area contributed by atoms with Crippen LogP contribution in [0.15, 0.2) is 36.4 Å². The number of nitrogens with one attached hydrogen (secondary N) is 1. The van der Waals surface area contributed by atoms with E-state index in [1.165, 1.54) is 11.1 Å². The zero-order valence-corrected chi connectivity index (χ0v) is 16.3. The summed E-state index contributed by atoms with van der Waals surface area (Å²) >= 11 is 0. The van der Waals surface area contributed by atoms with E-state index in [0.29, 0.717) is 6.54 Å². The quantitative estimate of drug-likeness (QED) is 0.829. The second kappa shape index (κ2) is 8.65. The number of amides is 2. The van der Waals surface area contributed by atoms with Crippen LogP contribution in [-0.2, 0) is 16.0 Å². The summed E-state index contributed by atoms with van der Waals surface area (Å²) in [5.74, 6) is -0.150. The molecule has 1 N–H and O–H groups in total. The highest BCUT2D eigenvalue weighted by Crippen LogP contribution is 2.26. The Morgan fingerprint density at radius 2 is 1.58 bits per heavy atom. The summed E-state index contributed by atoms with van der Waals surface area (Å²) < 4.78 is 0. The molecule has 0 fully saturated rings. The molecule has 4 nitrogen and oxygen atoms in total. The molecule has 138 valence electrons. The van der Waals surface area contributed by atoms with Gasteiger partial charge in [-0.1, -0.05) is 36.8 Å². The fourth-order valence-electron chi connectivity index (χ4n) is 3.29. The number of aryl methyl sites for hydroxylation is 4. The molecule has 0 heterocycles. The lowest BCUT2D eigenvalue weighted by molar-refractivity contribution is -0.117. The Morgan fingerprint density at radius 3 is 2.08 bits per heavy atom. The summed E-state index contributed by atoms with van der Waals surface area (Å²) in [6.07, 6.45) is 1.22. The van der Waals surface area contributed by atoms with Crippen LogP contribution >= 0.6 is 0 Å². The van der Waals surface area contributed by atoms with E-state index in [1.54, 1.807) is 11.8 Å². The highest BCUT2D eigenvalue weighted by Gasteiger charge is 2.18. The zero-order chi connectivity index (χ0) is 19.3. The van der Waals surface area contributed by atoms with Gasteiger partial charge in [-0.25, -0.2) is 0 Å². The van der Waals surface area contributed by atoms with Crippen LogP contribution in [0.3, 0.4) is 0 Å². The number of benzene rings is 2. The maximum Gasteiger partial charge on any atom is 0.226 e. The molecule has 0 radical (unpaired) electrons. The predicted molar refractivity (Wildman–Crippen MR) is 108 cm³/mol. The summed E-state index contributed by atoms with van der Waals surface area (Å²) in [7, 11) is 0.